The molecule has 0 aliphatic heterocycles. The molecule has 0 radical (unpaired) electrons. The van der Waals surface area contributed by atoms with Crippen molar-refractivity contribution in [1.29, 1.82) is 0 Å². The Bertz CT molecular complexity index is 517. The van der Waals surface area contributed by atoms with Crippen LogP contribution in [0.5, 0.6) is 0 Å². The summed E-state index contributed by atoms with van der Waals surface area (Å²) in [5.41, 5.74) is 0.637. The number of carbonyl (C=O) groups is 2. The quantitative estimate of drug-likeness (QED) is 0.744. The van der Waals surface area contributed by atoms with Gasteiger partial charge in [-0.1, -0.05) is 6.07 Å². The van der Waals surface area contributed by atoms with Crippen molar-refractivity contribution in [2.45, 2.75) is 26.6 Å². The summed E-state index contributed by atoms with van der Waals surface area (Å²) in [6, 6.07) is 3.48. The van der Waals surface area contributed by atoms with Crippen LogP contribution in [0.1, 0.15) is 19.4 Å². The van der Waals surface area contributed by atoms with Gasteiger partial charge in [-0.15, -0.1) is 0 Å². The smallest absolute Gasteiger partial charge is 0.415 e. The Kier molecular flexibility index (Phi) is 6.78. The molecule has 0 atom stereocenters. The van der Waals surface area contributed by atoms with Gasteiger partial charge in [0.2, 0.25) is 0 Å². The highest BCUT2D eigenvalue weighted by Gasteiger charge is 2.18. The first-order valence-corrected chi connectivity index (χ1v) is 6.99. The van der Waals surface area contributed by atoms with E-state index in [1.165, 1.54) is 4.90 Å². The molecule has 1 aromatic rings. The summed E-state index contributed by atoms with van der Waals surface area (Å²) in [4.78, 5) is 30.7. The van der Waals surface area contributed by atoms with Gasteiger partial charge in [0, 0.05) is 18.8 Å². The van der Waals surface area contributed by atoms with Crippen molar-refractivity contribution >= 4 is 17.9 Å². The Hall–Kier alpha value is -2.15. The molecule has 0 aliphatic rings. The highest BCUT2D eigenvalue weighted by Crippen LogP contribution is 2.18. The van der Waals surface area contributed by atoms with E-state index in [0.717, 1.165) is 0 Å². The van der Waals surface area contributed by atoms with Gasteiger partial charge in [0.1, 0.15) is 12.4 Å². The van der Waals surface area contributed by atoms with Crippen LogP contribution in [0.25, 0.3) is 0 Å². The van der Waals surface area contributed by atoms with Gasteiger partial charge < -0.3 is 9.47 Å². The van der Waals surface area contributed by atoms with E-state index in [-0.39, 0.29) is 25.2 Å². The van der Waals surface area contributed by atoms with Crippen molar-refractivity contribution in [3.63, 3.8) is 0 Å². The van der Waals surface area contributed by atoms with Crippen LogP contribution in [0, 0.1) is 0 Å². The first-order valence-electron chi connectivity index (χ1n) is 6.99. The Balaban J connectivity index is 2.77. The minimum Gasteiger partial charge on any atom is -0.460 e. The number of anilines is 1. The second-order valence-corrected chi connectivity index (χ2v) is 5.38. The number of hydrogen-bond donors (Lipinski definition) is 0. The highest BCUT2D eigenvalue weighted by molar-refractivity contribution is 5.86. The van der Waals surface area contributed by atoms with Crippen LogP contribution < -0.4 is 4.90 Å². The topological polar surface area (TPSA) is 72.0 Å². The molecule has 1 aromatic heterocycles. The number of esters is 1. The zero-order valence-electron chi connectivity index (χ0n) is 13.7. The van der Waals surface area contributed by atoms with E-state index in [9.17, 15) is 9.59 Å². The average molecular weight is 309 g/mol. The largest absolute Gasteiger partial charge is 0.460 e. The van der Waals surface area contributed by atoms with E-state index in [1.807, 2.05) is 0 Å². The summed E-state index contributed by atoms with van der Waals surface area (Å²) in [5.74, 6) is 0.0676. The van der Waals surface area contributed by atoms with Gasteiger partial charge in [-0.2, -0.15) is 0 Å². The van der Waals surface area contributed by atoms with Crippen molar-refractivity contribution in [3.05, 3.63) is 23.9 Å². The van der Waals surface area contributed by atoms with Gasteiger partial charge >= 0.3 is 12.1 Å². The molecule has 0 N–H and O–H groups in total. The van der Waals surface area contributed by atoms with Gasteiger partial charge in [-0.25, -0.2) is 9.78 Å². The fraction of sp³-hybridized carbons (Fsp3) is 0.533. The van der Waals surface area contributed by atoms with Crippen LogP contribution in [0.15, 0.2) is 18.3 Å². The molecule has 0 spiro atoms. The van der Waals surface area contributed by atoms with Crippen molar-refractivity contribution in [1.82, 2.24) is 9.88 Å². The maximum atomic E-state index is 11.9. The van der Waals surface area contributed by atoms with Gasteiger partial charge in [0.25, 0.3) is 0 Å². The molecule has 7 heteroatoms. The molecule has 1 rings (SSSR count). The predicted octanol–water partition coefficient (Wildman–Crippen LogP) is 1.67. The molecule has 0 fully saturated rings. The zero-order valence-corrected chi connectivity index (χ0v) is 13.7. The molecular formula is C15H23N3O4. The third-order valence-corrected chi connectivity index (χ3v) is 2.63. The molecule has 0 aliphatic carbocycles. The number of likely N-dealkylation sites (N-methyl/N-ethyl adjacent to an activating group) is 1. The van der Waals surface area contributed by atoms with Crippen molar-refractivity contribution in [2.24, 2.45) is 0 Å². The summed E-state index contributed by atoms with van der Waals surface area (Å²) in [5, 5.41) is 0. The summed E-state index contributed by atoms with van der Waals surface area (Å²) < 4.78 is 10.3. The van der Waals surface area contributed by atoms with Crippen LogP contribution in [-0.4, -0.2) is 55.7 Å². The molecule has 0 unspecified atom stereocenters. The van der Waals surface area contributed by atoms with Crippen LogP contribution in [0.3, 0.4) is 0 Å². The van der Waals surface area contributed by atoms with E-state index in [2.05, 4.69) is 4.98 Å². The minimum atomic E-state index is -0.505. The Morgan fingerprint density at radius 1 is 1.27 bits per heavy atom. The van der Waals surface area contributed by atoms with E-state index >= 15 is 0 Å². The lowest BCUT2D eigenvalue weighted by atomic mass is 10.2. The lowest BCUT2D eigenvalue weighted by molar-refractivity contribution is -0.145. The minimum absolute atomic E-state index is 0.0507. The van der Waals surface area contributed by atoms with Crippen molar-refractivity contribution < 1.29 is 19.1 Å². The van der Waals surface area contributed by atoms with Gasteiger partial charge in [-0.3, -0.25) is 14.6 Å². The number of ether oxygens (including phenoxy) is 2. The Morgan fingerprint density at radius 2 is 1.95 bits per heavy atom. The van der Waals surface area contributed by atoms with E-state index < -0.39 is 6.09 Å². The summed E-state index contributed by atoms with van der Waals surface area (Å²) in [6.45, 7) is 3.79. The molecule has 1 amide bonds. The second-order valence-electron chi connectivity index (χ2n) is 5.38. The number of amides is 1. The van der Waals surface area contributed by atoms with Crippen LogP contribution in [0.4, 0.5) is 10.6 Å². The first-order chi connectivity index (χ1) is 10.3. The van der Waals surface area contributed by atoms with Crippen LogP contribution >= 0.6 is 0 Å². The molecule has 1 heterocycles. The third kappa shape index (κ3) is 5.69. The molecule has 22 heavy (non-hydrogen) atoms. The maximum absolute atomic E-state index is 11.9. The molecule has 0 bridgehead atoms. The van der Waals surface area contributed by atoms with Gasteiger partial charge in [0.15, 0.2) is 0 Å². The molecule has 0 saturated carbocycles. The lowest BCUT2D eigenvalue weighted by Crippen LogP contribution is -2.31. The Labute approximate surface area is 130 Å². The molecule has 7 nitrogen and oxygen atoms in total. The number of aromatic nitrogens is 1. The highest BCUT2D eigenvalue weighted by atomic mass is 16.6. The van der Waals surface area contributed by atoms with E-state index in [1.54, 1.807) is 58.2 Å². The number of pyridine rings is 1. The monoisotopic (exact) mass is 309 g/mol. The standard InChI is InChI=1S/C15H23N3O4/c1-11(2)22-15(20)18(5)14-12(7-6-8-16-14)10-21-13(19)9-17(3)4/h6-8,11H,9-10H2,1-5H3. The average Bonchev–Trinajstić information content (AvgIpc) is 2.43. The first kappa shape index (κ1) is 17.9. The normalized spacial score (nSPS) is 10.7. The number of hydrogen-bond acceptors (Lipinski definition) is 6. The molecule has 0 saturated heterocycles. The van der Waals surface area contributed by atoms with Crippen molar-refractivity contribution in [2.75, 3.05) is 32.6 Å². The molecular weight excluding hydrogens is 286 g/mol. The van der Waals surface area contributed by atoms with Crippen LogP contribution in [-0.2, 0) is 20.9 Å². The number of nitrogens with zero attached hydrogens (tertiary/aromatic N) is 3. The summed E-state index contributed by atoms with van der Waals surface area (Å²) >= 11 is 0. The van der Waals surface area contributed by atoms with Crippen molar-refractivity contribution in [3.8, 4) is 0 Å². The zero-order chi connectivity index (χ0) is 16.7. The fourth-order valence-corrected chi connectivity index (χ4v) is 1.67. The predicted molar refractivity (Wildman–Crippen MR) is 82.6 cm³/mol. The SMILES string of the molecule is CC(C)OC(=O)N(C)c1ncccc1COC(=O)CN(C)C. The van der Waals surface area contributed by atoms with E-state index in [0.29, 0.717) is 11.4 Å². The van der Waals surface area contributed by atoms with Crippen LogP contribution in [0.2, 0.25) is 0 Å². The fourth-order valence-electron chi connectivity index (χ4n) is 1.67. The molecule has 122 valence electrons. The maximum Gasteiger partial charge on any atom is 0.415 e. The molecule has 0 aromatic carbocycles. The van der Waals surface area contributed by atoms with Gasteiger partial charge in [0.05, 0.1) is 12.6 Å². The van der Waals surface area contributed by atoms with E-state index in [4.69, 9.17) is 9.47 Å². The summed E-state index contributed by atoms with van der Waals surface area (Å²) in [6.07, 6.45) is 0.842. The number of carbonyl (C=O) groups excluding carboxylic acids is 2. The lowest BCUT2D eigenvalue weighted by Gasteiger charge is -2.20. The summed E-state index contributed by atoms with van der Waals surface area (Å²) in [7, 11) is 5.14. The Morgan fingerprint density at radius 3 is 2.55 bits per heavy atom. The number of rotatable bonds is 6. The second kappa shape index (κ2) is 8.33. The third-order valence-electron chi connectivity index (χ3n) is 2.63. The van der Waals surface area contributed by atoms with Gasteiger partial charge in [-0.05, 0) is 34.0 Å².